The molecule has 0 aliphatic carbocycles. The van der Waals surface area contributed by atoms with E-state index in [0.717, 1.165) is 35.3 Å². The first-order valence-electron chi connectivity index (χ1n) is 9.16. The fourth-order valence-corrected chi connectivity index (χ4v) is 5.15. The van der Waals surface area contributed by atoms with Crippen molar-refractivity contribution in [2.24, 2.45) is 0 Å². The van der Waals surface area contributed by atoms with Crippen LogP contribution in [0.3, 0.4) is 0 Å². The summed E-state index contributed by atoms with van der Waals surface area (Å²) < 4.78 is 39.9. The van der Waals surface area contributed by atoms with Gasteiger partial charge in [-0.3, -0.25) is 0 Å². The summed E-state index contributed by atoms with van der Waals surface area (Å²) in [5, 5.41) is 0. The summed E-state index contributed by atoms with van der Waals surface area (Å²) in [5.41, 5.74) is 2.47. The highest BCUT2D eigenvalue weighted by atomic mass is 32.2. The summed E-state index contributed by atoms with van der Waals surface area (Å²) in [6, 6.07) is 13.2. The van der Waals surface area contributed by atoms with Crippen LogP contribution in [0.1, 0.15) is 29.5 Å². The Balaban J connectivity index is 1.92. The zero-order valence-electron chi connectivity index (χ0n) is 16.1. The second kappa shape index (κ2) is 8.00. The van der Waals surface area contributed by atoms with E-state index in [2.05, 4.69) is 4.72 Å². The molecule has 0 amide bonds. The van der Waals surface area contributed by atoms with Gasteiger partial charge in [0, 0.05) is 30.7 Å². The Kier molecular flexibility index (Phi) is 5.89. The van der Waals surface area contributed by atoms with Crippen LogP contribution in [0.5, 0.6) is 5.75 Å². The number of aryl methyl sites for hydroxylation is 2. The van der Waals surface area contributed by atoms with Crippen LogP contribution in [-0.4, -0.2) is 35.3 Å². The van der Waals surface area contributed by atoms with E-state index in [1.165, 1.54) is 0 Å². The van der Waals surface area contributed by atoms with Crippen molar-refractivity contribution < 1.29 is 17.9 Å². The lowest BCUT2D eigenvalue weighted by atomic mass is 9.74. The predicted molar refractivity (Wildman–Crippen MR) is 106 cm³/mol. The minimum Gasteiger partial charge on any atom is -0.496 e. The number of benzene rings is 2. The van der Waals surface area contributed by atoms with Gasteiger partial charge in [-0.25, -0.2) is 13.1 Å². The lowest BCUT2D eigenvalue weighted by molar-refractivity contribution is 0.0509. The van der Waals surface area contributed by atoms with E-state index in [4.69, 9.17) is 9.47 Å². The van der Waals surface area contributed by atoms with Gasteiger partial charge in [0.2, 0.25) is 10.0 Å². The molecule has 1 aliphatic heterocycles. The van der Waals surface area contributed by atoms with Crippen LogP contribution in [0.25, 0.3) is 0 Å². The Morgan fingerprint density at radius 3 is 2.48 bits per heavy atom. The molecule has 6 heteroatoms. The first-order chi connectivity index (χ1) is 12.9. The van der Waals surface area contributed by atoms with Gasteiger partial charge in [0.25, 0.3) is 0 Å². The number of sulfonamides is 1. The van der Waals surface area contributed by atoms with Crippen LogP contribution in [0.4, 0.5) is 0 Å². The molecule has 0 atom stereocenters. The van der Waals surface area contributed by atoms with Crippen LogP contribution in [-0.2, 0) is 20.2 Å². The third kappa shape index (κ3) is 4.18. The lowest BCUT2D eigenvalue weighted by Crippen LogP contribution is -2.44. The minimum absolute atomic E-state index is 0.312. The number of methoxy groups -OCH3 is 1. The van der Waals surface area contributed by atoms with Crippen molar-refractivity contribution in [3.05, 3.63) is 59.2 Å². The predicted octanol–water partition coefficient (Wildman–Crippen LogP) is 3.34. The van der Waals surface area contributed by atoms with Crippen molar-refractivity contribution in [3.8, 4) is 5.75 Å². The molecule has 5 nitrogen and oxygen atoms in total. The molecule has 0 saturated carbocycles. The normalized spacial score (nSPS) is 16.9. The smallest absolute Gasteiger partial charge is 0.240 e. The maximum absolute atomic E-state index is 13.0. The van der Waals surface area contributed by atoms with Crippen molar-refractivity contribution in [3.63, 3.8) is 0 Å². The van der Waals surface area contributed by atoms with E-state index in [1.54, 1.807) is 13.2 Å². The van der Waals surface area contributed by atoms with Gasteiger partial charge in [0.05, 0.1) is 12.0 Å². The fraction of sp³-hybridized carbons (Fsp3) is 0.429. The van der Waals surface area contributed by atoms with E-state index in [0.29, 0.717) is 24.7 Å². The third-order valence-corrected chi connectivity index (χ3v) is 6.91. The summed E-state index contributed by atoms with van der Waals surface area (Å²) >= 11 is 0. The highest BCUT2D eigenvalue weighted by molar-refractivity contribution is 7.89. The quantitative estimate of drug-likeness (QED) is 0.823. The van der Waals surface area contributed by atoms with E-state index < -0.39 is 10.0 Å². The Hall–Kier alpha value is -1.89. The van der Waals surface area contributed by atoms with E-state index in [9.17, 15) is 8.42 Å². The Bertz CT molecular complexity index is 902. The maximum Gasteiger partial charge on any atom is 0.240 e. The van der Waals surface area contributed by atoms with Gasteiger partial charge in [-0.2, -0.15) is 0 Å². The molecule has 1 aliphatic rings. The summed E-state index contributed by atoms with van der Waals surface area (Å²) in [7, 11) is -1.96. The van der Waals surface area contributed by atoms with Crippen LogP contribution in [0.15, 0.2) is 47.4 Å². The first-order valence-corrected chi connectivity index (χ1v) is 10.6. The van der Waals surface area contributed by atoms with E-state index >= 15 is 0 Å². The molecule has 2 aromatic carbocycles. The van der Waals surface area contributed by atoms with Crippen molar-refractivity contribution >= 4 is 10.0 Å². The lowest BCUT2D eigenvalue weighted by Gasteiger charge is -2.38. The Labute approximate surface area is 161 Å². The number of hydrogen-bond donors (Lipinski definition) is 1. The average Bonchev–Trinajstić information content (AvgIpc) is 2.67. The second-order valence-corrected chi connectivity index (χ2v) is 8.92. The topological polar surface area (TPSA) is 64.6 Å². The molecule has 2 aromatic rings. The fourth-order valence-electron chi connectivity index (χ4n) is 3.80. The van der Waals surface area contributed by atoms with Crippen molar-refractivity contribution in [1.29, 1.82) is 0 Å². The SMILES string of the molecule is COc1ccccc1C1(CNS(=O)(=O)c2ccc(C)cc2C)CCOCC1. The number of nitrogens with one attached hydrogen (secondary N) is 1. The van der Waals surface area contributed by atoms with Crippen LogP contribution >= 0.6 is 0 Å². The van der Waals surface area contributed by atoms with Gasteiger partial charge in [0.1, 0.15) is 5.75 Å². The molecule has 0 spiro atoms. The van der Waals surface area contributed by atoms with Gasteiger partial charge in [0.15, 0.2) is 0 Å². The molecular formula is C21H27NO4S. The van der Waals surface area contributed by atoms with Gasteiger partial charge in [-0.1, -0.05) is 35.9 Å². The van der Waals surface area contributed by atoms with E-state index in [1.807, 2.05) is 50.2 Å². The van der Waals surface area contributed by atoms with Crippen molar-refractivity contribution in [2.75, 3.05) is 26.9 Å². The molecule has 1 heterocycles. The molecule has 1 saturated heterocycles. The van der Waals surface area contributed by atoms with Crippen molar-refractivity contribution in [2.45, 2.75) is 37.0 Å². The monoisotopic (exact) mass is 389 g/mol. The molecule has 1 fully saturated rings. The summed E-state index contributed by atoms with van der Waals surface area (Å²) in [5.74, 6) is 0.783. The molecule has 146 valence electrons. The zero-order valence-corrected chi connectivity index (χ0v) is 16.9. The van der Waals surface area contributed by atoms with Gasteiger partial charge < -0.3 is 9.47 Å². The standard InChI is InChI=1S/C21H27NO4S/c1-16-8-9-20(17(2)14-16)27(23,24)22-15-21(10-12-26-13-11-21)18-6-4-5-7-19(18)25-3/h4-9,14,22H,10-13,15H2,1-3H3. The summed E-state index contributed by atoms with van der Waals surface area (Å²) in [4.78, 5) is 0.329. The average molecular weight is 390 g/mol. The molecule has 27 heavy (non-hydrogen) atoms. The van der Waals surface area contributed by atoms with Gasteiger partial charge in [-0.05, 0) is 44.4 Å². The molecule has 3 rings (SSSR count). The number of para-hydroxylation sites is 1. The summed E-state index contributed by atoms with van der Waals surface area (Å²) in [6.45, 7) is 5.29. The van der Waals surface area contributed by atoms with Gasteiger partial charge >= 0.3 is 0 Å². The molecular weight excluding hydrogens is 362 g/mol. The van der Waals surface area contributed by atoms with Crippen molar-refractivity contribution in [1.82, 2.24) is 4.72 Å². The van der Waals surface area contributed by atoms with Gasteiger partial charge in [-0.15, -0.1) is 0 Å². The number of hydrogen-bond acceptors (Lipinski definition) is 4. The van der Waals surface area contributed by atoms with Crippen LogP contribution in [0.2, 0.25) is 0 Å². The largest absolute Gasteiger partial charge is 0.496 e. The highest BCUT2D eigenvalue weighted by Gasteiger charge is 2.38. The van der Waals surface area contributed by atoms with Crippen LogP contribution < -0.4 is 9.46 Å². The number of ether oxygens (including phenoxy) is 2. The molecule has 0 aromatic heterocycles. The second-order valence-electron chi connectivity index (χ2n) is 7.19. The summed E-state index contributed by atoms with van der Waals surface area (Å²) in [6.07, 6.45) is 1.48. The Morgan fingerprint density at radius 2 is 1.81 bits per heavy atom. The first kappa shape index (κ1) is 19.9. The Morgan fingerprint density at radius 1 is 1.11 bits per heavy atom. The molecule has 0 unspecified atom stereocenters. The molecule has 1 N–H and O–H groups in total. The molecule has 0 bridgehead atoms. The minimum atomic E-state index is -3.60. The van der Waals surface area contributed by atoms with Crippen LogP contribution in [0, 0.1) is 13.8 Å². The zero-order chi connectivity index (χ0) is 19.5. The third-order valence-electron chi connectivity index (χ3n) is 5.35. The molecule has 0 radical (unpaired) electrons. The highest BCUT2D eigenvalue weighted by Crippen LogP contribution is 2.39. The van der Waals surface area contributed by atoms with E-state index in [-0.39, 0.29) is 5.41 Å². The maximum atomic E-state index is 13.0. The number of rotatable bonds is 6.